The average molecular weight is 269 g/mol. The molecule has 0 amide bonds. The predicted octanol–water partition coefficient (Wildman–Crippen LogP) is 3.05. The minimum atomic E-state index is 0.309. The molecule has 0 spiro atoms. The minimum absolute atomic E-state index is 0.309. The van der Waals surface area contributed by atoms with Crippen LogP contribution in [0.4, 0.5) is 0 Å². The molecule has 0 aliphatic heterocycles. The van der Waals surface area contributed by atoms with Gasteiger partial charge in [-0.1, -0.05) is 36.8 Å². The highest BCUT2D eigenvalue weighted by molar-refractivity contribution is 5.30. The zero-order valence-electron chi connectivity index (χ0n) is 12.8. The molecule has 20 heavy (non-hydrogen) atoms. The van der Waals surface area contributed by atoms with E-state index in [4.69, 9.17) is 5.73 Å². The Balaban J connectivity index is 2.28. The third-order valence-electron chi connectivity index (χ3n) is 3.70. The van der Waals surface area contributed by atoms with E-state index in [2.05, 4.69) is 61.9 Å². The molecular weight excluding hydrogens is 246 g/mol. The molecule has 0 bridgehead atoms. The number of aryl methyl sites for hydroxylation is 3. The normalized spacial score (nSPS) is 12.4. The van der Waals surface area contributed by atoms with Crippen LogP contribution in [0.5, 0.6) is 0 Å². The SMILES string of the molecule is Cc1ccc(Cc2nc(C)c(C(C)CN)c(C)n2)cc1. The van der Waals surface area contributed by atoms with Gasteiger partial charge in [0, 0.05) is 17.8 Å². The van der Waals surface area contributed by atoms with E-state index in [0.717, 1.165) is 23.6 Å². The highest BCUT2D eigenvalue weighted by Crippen LogP contribution is 2.21. The molecule has 1 unspecified atom stereocenters. The molecule has 1 aromatic carbocycles. The fraction of sp³-hybridized carbons (Fsp3) is 0.412. The van der Waals surface area contributed by atoms with E-state index < -0.39 is 0 Å². The lowest BCUT2D eigenvalue weighted by molar-refractivity contribution is 0.733. The topological polar surface area (TPSA) is 51.8 Å². The Bertz CT molecular complexity index is 565. The van der Waals surface area contributed by atoms with Gasteiger partial charge in [0.25, 0.3) is 0 Å². The summed E-state index contributed by atoms with van der Waals surface area (Å²) in [6.45, 7) is 8.95. The molecule has 0 fully saturated rings. The van der Waals surface area contributed by atoms with E-state index in [1.54, 1.807) is 0 Å². The van der Waals surface area contributed by atoms with E-state index in [1.165, 1.54) is 16.7 Å². The van der Waals surface area contributed by atoms with Crippen molar-refractivity contribution in [3.63, 3.8) is 0 Å². The van der Waals surface area contributed by atoms with Crippen LogP contribution < -0.4 is 5.73 Å². The molecule has 0 aliphatic carbocycles. The summed E-state index contributed by atoms with van der Waals surface area (Å²) in [5, 5.41) is 0. The summed E-state index contributed by atoms with van der Waals surface area (Å²) in [4.78, 5) is 9.31. The van der Waals surface area contributed by atoms with Crippen molar-refractivity contribution in [2.75, 3.05) is 6.54 Å². The van der Waals surface area contributed by atoms with Crippen LogP contribution in [0.25, 0.3) is 0 Å². The van der Waals surface area contributed by atoms with Gasteiger partial charge in [0.1, 0.15) is 5.82 Å². The molecule has 2 N–H and O–H groups in total. The van der Waals surface area contributed by atoms with E-state index in [9.17, 15) is 0 Å². The van der Waals surface area contributed by atoms with Crippen LogP contribution >= 0.6 is 0 Å². The molecule has 0 aliphatic rings. The van der Waals surface area contributed by atoms with Crippen molar-refractivity contribution in [1.29, 1.82) is 0 Å². The van der Waals surface area contributed by atoms with E-state index in [0.29, 0.717) is 12.5 Å². The van der Waals surface area contributed by atoms with Crippen molar-refractivity contribution in [3.8, 4) is 0 Å². The third-order valence-corrected chi connectivity index (χ3v) is 3.70. The van der Waals surface area contributed by atoms with Gasteiger partial charge in [0.05, 0.1) is 0 Å². The molecule has 3 nitrogen and oxygen atoms in total. The van der Waals surface area contributed by atoms with Crippen LogP contribution in [0, 0.1) is 20.8 Å². The van der Waals surface area contributed by atoms with Crippen LogP contribution in [0.15, 0.2) is 24.3 Å². The minimum Gasteiger partial charge on any atom is -0.330 e. The number of hydrogen-bond acceptors (Lipinski definition) is 3. The lowest BCUT2D eigenvalue weighted by atomic mass is 9.98. The van der Waals surface area contributed by atoms with Gasteiger partial charge in [-0.25, -0.2) is 9.97 Å². The monoisotopic (exact) mass is 269 g/mol. The van der Waals surface area contributed by atoms with Gasteiger partial charge in [-0.15, -0.1) is 0 Å². The fourth-order valence-electron chi connectivity index (χ4n) is 2.59. The Labute approximate surface area is 121 Å². The lowest BCUT2D eigenvalue weighted by Gasteiger charge is -2.15. The molecular formula is C17H23N3. The Morgan fingerprint density at radius 2 is 1.55 bits per heavy atom. The van der Waals surface area contributed by atoms with Gasteiger partial charge in [-0.3, -0.25) is 0 Å². The zero-order valence-corrected chi connectivity index (χ0v) is 12.8. The highest BCUT2D eigenvalue weighted by Gasteiger charge is 2.14. The molecule has 0 saturated heterocycles. The summed E-state index contributed by atoms with van der Waals surface area (Å²) in [5.74, 6) is 1.19. The molecule has 2 aromatic rings. The van der Waals surface area contributed by atoms with Gasteiger partial charge < -0.3 is 5.73 Å². The molecule has 1 atom stereocenters. The van der Waals surface area contributed by atoms with Crippen LogP contribution in [0.1, 0.15) is 46.7 Å². The maximum absolute atomic E-state index is 5.76. The molecule has 0 saturated carbocycles. The van der Waals surface area contributed by atoms with E-state index in [-0.39, 0.29) is 0 Å². The second-order valence-corrected chi connectivity index (χ2v) is 5.52. The number of nitrogens with zero attached hydrogens (tertiary/aromatic N) is 2. The molecule has 1 aromatic heterocycles. The largest absolute Gasteiger partial charge is 0.330 e. The summed E-state index contributed by atoms with van der Waals surface area (Å²) in [6, 6.07) is 8.53. The van der Waals surface area contributed by atoms with Gasteiger partial charge in [0.15, 0.2) is 0 Å². The molecule has 2 rings (SSSR count). The standard InChI is InChI=1S/C17H23N3/c1-11-5-7-15(8-6-11)9-16-19-13(3)17(12(2)10-18)14(4)20-16/h5-8,12H,9-10,18H2,1-4H3. The third kappa shape index (κ3) is 3.23. The fourth-order valence-corrected chi connectivity index (χ4v) is 2.59. The van der Waals surface area contributed by atoms with E-state index in [1.807, 2.05) is 0 Å². The molecule has 1 heterocycles. The van der Waals surface area contributed by atoms with Crippen molar-refractivity contribution in [2.24, 2.45) is 5.73 Å². The molecule has 106 valence electrons. The number of rotatable bonds is 4. The first-order valence-corrected chi connectivity index (χ1v) is 7.11. The van der Waals surface area contributed by atoms with Crippen molar-refractivity contribution in [1.82, 2.24) is 9.97 Å². The average Bonchev–Trinajstić information content (AvgIpc) is 2.40. The van der Waals surface area contributed by atoms with Gasteiger partial charge >= 0.3 is 0 Å². The lowest BCUT2D eigenvalue weighted by Crippen LogP contribution is -2.15. The Kier molecular flexibility index (Phi) is 4.50. The van der Waals surface area contributed by atoms with E-state index >= 15 is 0 Å². The second-order valence-electron chi connectivity index (χ2n) is 5.52. The number of hydrogen-bond donors (Lipinski definition) is 1. The first-order chi connectivity index (χ1) is 9.51. The number of benzene rings is 1. The summed E-state index contributed by atoms with van der Waals surface area (Å²) >= 11 is 0. The summed E-state index contributed by atoms with van der Waals surface area (Å²) < 4.78 is 0. The maximum atomic E-state index is 5.76. The highest BCUT2D eigenvalue weighted by atomic mass is 14.9. The van der Waals surface area contributed by atoms with Crippen LogP contribution in [0.3, 0.4) is 0 Å². The number of aromatic nitrogens is 2. The number of nitrogens with two attached hydrogens (primary N) is 1. The van der Waals surface area contributed by atoms with Crippen molar-refractivity contribution in [3.05, 3.63) is 58.2 Å². The van der Waals surface area contributed by atoms with Crippen LogP contribution in [0.2, 0.25) is 0 Å². The Hall–Kier alpha value is -1.74. The smallest absolute Gasteiger partial charge is 0.133 e. The maximum Gasteiger partial charge on any atom is 0.133 e. The molecule has 0 radical (unpaired) electrons. The first-order valence-electron chi connectivity index (χ1n) is 7.11. The first kappa shape index (κ1) is 14.7. The van der Waals surface area contributed by atoms with Gasteiger partial charge in [-0.2, -0.15) is 0 Å². The summed E-state index contributed by atoms with van der Waals surface area (Å²) in [6.07, 6.45) is 0.777. The van der Waals surface area contributed by atoms with Crippen molar-refractivity contribution >= 4 is 0 Å². The zero-order chi connectivity index (χ0) is 14.7. The predicted molar refractivity (Wildman–Crippen MR) is 83.0 cm³/mol. The van der Waals surface area contributed by atoms with Crippen molar-refractivity contribution < 1.29 is 0 Å². The second kappa shape index (κ2) is 6.14. The van der Waals surface area contributed by atoms with Crippen molar-refractivity contribution in [2.45, 2.75) is 40.0 Å². The van der Waals surface area contributed by atoms with Gasteiger partial charge in [0.2, 0.25) is 0 Å². The van der Waals surface area contributed by atoms with Crippen LogP contribution in [-0.4, -0.2) is 16.5 Å². The Morgan fingerprint density at radius 1 is 1.00 bits per heavy atom. The van der Waals surface area contributed by atoms with Gasteiger partial charge in [-0.05, 0) is 44.4 Å². The summed E-state index contributed by atoms with van der Waals surface area (Å²) in [7, 11) is 0. The summed E-state index contributed by atoms with van der Waals surface area (Å²) in [5.41, 5.74) is 11.6. The molecule has 3 heteroatoms. The van der Waals surface area contributed by atoms with Crippen LogP contribution in [-0.2, 0) is 6.42 Å². The quantitative estimate of drug-likeness (QED) is 0.928. The Morgan fingerprint density at radius 3 is 2.05 bits per heavy atom.